The average molecular weight is 248 g/mol. The number of nitrogens with one attached hydrogen (secondary N) is 2. The molecule has 1 heterocycles. The highest BCUT2D eigenvalue weighted by molar-refractivity contribution is 5.96. The Morgan fingerprint density at radius 2 is 2.11 bits per heavy atom. The van der Waals surface area contributed by atoms with Crippen LogP contribution in [0.1, 0.15) is 6.92 Å². The van der Waals surface area contributed by atoms with E-state index in [4.69, 9.17) is 5.73 Å². The van der Waals surface area contributed by atoms with Crippen molar-refractivity contribution in [1.29, 1.82) is 0 Å². The molecule has 3 amide bonds. The summed E-state index contributed by atoms with van der Waals surface area (Å²) in [7, 11) is 0. The standard InChI is InChI=1S/C12H16N4O2/c1-8(13)11(17)15-9-2-4-10(5-3-9)16-7-6-14-12(16)18/h2-5,8H,6-7,13H2,1H3,(H,14,18)(H,15,17). The number of hydrogen-bond acceptors (Lipinski definition) is 3. The van der Waals surface area contributed by atoms with Gasteiger partial charge in [-0.15, -0.1) is 0 Å². The number of hydrogen-bond donors (Lipinski definition) is 3. The van der Waals surface area contributed by atoms with E-state index in [-0.39, 0.29) is 11.9 Å². The molecule has 6 nitrogen and oxygen atoms in total. The third-order valence-corrected chi connectivity index (χ3v) is 2.72. The fraction of sp³-hybridized carbons (Fsp3) is 0.333. The van der Waals surface area contributed by atoms with E-state index < -0.39 is 6.04 Å². The monoisotopic (exact) mass is 248 g/mol. The van der Waals surface area contributed by atoms with E-state index in [1.807, 2.05) is 0 Å². The normalized spacial score (nSPS) is 16.3. The zero-order valence-electron chi connectivity index (χ0n) is 10.1. The van der Waals surface area contributed by atoms with Crippen molar-refractivity contribution in [3.05, 3.63) is 24.3 Å². The Morgan fingerprint density at radius 1 is 1.44 bits per heavy atom. The zero-order valence-corrected chi connectivity index (χ0v) is 10.1. The minimum absolute atomic E-state index is 0.0950. The van der Waals surface area contributed by atoms with Crippen molar-refractivity contribution in [3.63, 3.8) is 0 Å². The molecule has 1 aromatic rings. The Hall–Kier alpha value is -2.08. The summed E-state index contributed by atoms with van der Waals surface area (Å²) >= 11 is 0. The van der Waals surface area contributed by atoms with Crippen LogP contribution < -0.4 is 21.3 Å². The van der Waals surface area contributed by atoms with Crippen molar-refractivity contribution in [2.75, 3.05) is 23.3 Å². The summed E-state index contributed by atoms with van der Waals surface area (Å²) < 4.78 is 0. The molecule has 1 fully saturated rings. The molecule has 1 aliphatic heterocycles. The Balaban J connectivity index is 2.06. The third-order valence-electron chi connectivity index (χ3n) is 2.72. The van der Waals surface area contributed by atoms with Gasteiger partial charge in [-0.2, -0.15) is 0 Å². The van der Waals surface area contributed by atoms with E-state index in [0.717, 1.165) is 5.69 Å². The van der Waals surface area contributed by atoms with Crippen LogP contribution in [0, 0.1) is 0 Å². The summed E-state index contributed by atoms with van der Waals surface area (Å²) in [6, 6.07) is 6.45. The Kier molecular flexibility index (Phi) is 3.47. The van der Waals surface area contributed by atoms with Gasteiger partial charge in [0.15, 0.2) is 0 Å². The highest BCUT2D eigenvalue weighted by atomic mass is 16.2. The van der Waals surface area contributed by atoms with Crippen LogP contribution in [0.3, 0.4) is 0 Å². The van der Waals surface area contributed by atoms with Crippen LogP contribution in [0.25, 0.3) is 0 Å². The first-order valence-electron chi connectivity index (χ1n) is 5.80. The smallest absolute Gasteiger partial charge is 0.321 e. The summed E-state index contributed by atoms with van der Waals surface area (Å²) in [6.45, 7) is 2.94. The highest BCUT2D eigenvalue weighted by Crippen LogP contribution is 2.19. The van der Waals surface area contributed by atoms with Crippen LogP contribution >= 0.6 is 0 Å². The van der Waals surface area contributed by atoms with Gasteiger partial charge in [-0.3, -0.25) is 9.69 Å². The van der Waals surface area contributed by atoms with Gasteiger partial charge in [0.05, 0.1) is 6.04 Å². The van der Waals surface area contributed by atoms with Gasteiger partial charge in [-0.25, -0.2) is 4.79 Å². The van der Waals surface area contributed by atoms with Crippen LogP contribution in [-0.2, 0) is 4.79 Å². The lowest BCUT2D eigenvalue weighted by molar-refractivity contribution is -0.117. The first-order valence-corrected chi connectivity index (χ1v) is 5.80. The second-order valence-corrected chi connectivity index (χ2v) is 4.21. The minimum Gasteiger partial charge on any atom is -0.336 e. The summed E-state index contributed by atoms with van der Waals surface area (Å²) in [5.74, 6) is -0.235. The first kappa shape index (κ1) is 12.4. The van der Waals surface area contributed by atoms with Gasteiger partial charge in [-0.05, 0) is 31.2 Å². The van der Waals surface area contributed by atoms with Crippen LogP contribution in [-0.4, -0.2) is 31.1 Å². The topological polar surface area (TPSA) is 87.5 Å². The van der Waals surface area contributed by atoms with Crippen molar-refractivity contribution in [2.24, 2.45) is 5.73 Å². The molecule has 2 rings (SSSR count). The molecule has 96 valence electrons. The van der Waals surface area contributed by atoms with E-state index in [0.29, 0.717) is 18.8 Å². The summed E-state index contributed by atoms with van der Waals surface area (Å²) in [5.41, 5.74) is 6.93. The molecule has 1 saturated heterocycles. The Labute approximate surface area is 105 Å². The van der Waals surface area contributed by atoms with E-state index >= 15 is 0 Å². The molecule has 1 atom stereocenters. The SMILES string of the molecule is CC(N)C(=O)Nc1ccc(N2CCNC2=O)cc1. The molecule has 0 aliphatic carbocycles. The summed E-state index contributed by atoms with van der Waals surface area (Å²) in [5, 5.41) is 5.42. The predicted molar refractivity (Wildman–Crippen MR) is 69.5 cm³/mol. The molecule has 0 radical (unpaired) electrons. The van der Waals surface area contributed by atoms with Gasteiger partial charge in [0.2, 0.25) is 5.91 Å². The van der Waals surface area contributed by atoms with Crippen molar-refractivity contribution >= 4 is 23.3 Å². The molecule has 0 spiro atoms. The first-order chi connectivity index (χ1) is 8.58. The van der Waals surface area contributed by atoms with Crippen molar-refractivity contribution in [1.82, 2.24) is 5.32 Å². The molecule has 1 aliphatic rings. The molecular formula is C12H16N4O2. The van der Waals surface area contributed by atoms with Crippen LogP contribution in [0.5, 0.6) is 0 Å². The number of nitrogens with zero attached hydrogens (tertiary/aromatic N) is 1. The van der Waals surface area contributed by atoms with Gasteiger partial charge < -0.3 is 16.4 Å². The molecule has 1 unspecified atom stereocenters. The number of urea groups is 1. The van der Waals surface area contributed by atoms with Gasteiger partial charge in [-0.1, -0.05) is 0 Å². The lowest BCUT2D eigenvalue weighted by Crippen LogP contribution is -2.32. The summed E-state index contributed by atoms with van der Waals surface area (Å²) in [6.07, 6.45) is 0. The lowest BCUT2D eigenvalue weighted by atomic mass is 10.2. The van der Waals surface area contributed by atoms with Gasteiger partial charge in [0.1, 0.15) is 0 Å². The maximum absolute atomic E-state index is 11.5. The number of amides is 3. The average Bonchev–Trinajstić information content (AvgIpc) is 2.76. The Morgan fingerprint density at radius 3 is 2.61 bits per heavy atom. The van der Waals surface area contributed by atoms with Gasteiger partial charge in [0.25, 0.3) is 0 Å². The number of anilines is 2. The minimum atomic E-state index is -0.547. The molecule has 18 heavy (non-hydrogen) atoms. The zero-order chi connectivity index (χ0) is 13.1. The van der Waals surface area contributed by atoms with Crippen LogP contribution in [0.2, 0.25) is 0 Å². The molecule has 4 N–H and O–H groups in total. The number of nitrogens with two attached hydrogens (primary N) is 1. The number of benzene rings is 1. The number of carbonyl (C=O) groups excluding carboxylic acids is 2. The maximum Gasteiger partial charge on any atom is 0.321 e. The van der Waals surface area contributed by atoms with E-state index in [2.05, 4.69) is 10.6 Å². The molecule has 0 saturated carbocycles. The summed E-state index contributed by atoms with van der Waals surface area (Å²) in [4.78, 5) is 24.5. The second-order valence-electron chi connectivity index (χ2n) is 4.21. The van der Waals surface area contributed by atoms with E-state index in [1.165, 1.54) is 0 Å². The van der Waals surface area contributed by atoms with Crippen LogP contribution in [0.4, 0.5) is 16.2 Å². The predicted octanol–water partition coefficient (Wildman–Crippen LogP) is 0.502. The molecule has 0 aromatic heterocycles. The largest absolute Gasteiger partial charge is 0.336 e. The fourth-order valence-electron chi connectivity index (χ4n) is 1.70. The van der Waals surface area contributed by atoms with Crippen molar-refractivity contribution < 1.29 is 9.59 Å². The fourth-order valence-corrected chi connectivity index (χ4v) is 1.70. The number of rotatable bonds is 3. The number of carbonyl (C=O) groups is 2. The molecule has 6 heteroatoms. The quantitative estimate of drug-likeness (QED) is 0.728. The van der Waals surface area contributed by atoms with Gasteiger partial charge in [0, 0.05) is 24.5 Å². The van der Waals surface area contributed by atoms with Crippen molar-refractivity contribution in [3.8, 4) is 0 Å². The Bertz CT molecular complexity index is 456. The van der Waals surface area contributed by atoms with Crippen molar-refractivity contribution in [2.45, 2.75) is 13.0 Å². The maximum atomic E-state index is 11.5. The van der Waals surface area contributed by atoms with E-state index in [1.54, 1.807) is 36.1 Å². The van der Waals surface area contributed by atoms with E-state index in [9.17, 15) is 9.59 Å². The molecular weight excluding hydrogens is 232 g/mol. The molecule has 1 aromatic carbocycles. The lowest BCUT2D eigenvalue weighted by Gasteiger charge is -2.15. The third kappa shape index (κ3) is 2.60. The van der Waals surface area contributed by atoms with Crippen LogP contribution in [0.15, 0.2) is 24.3 Å². The molecule has 0 bridgehead atoms. The highest BCUT2D eigenvalue weighted by Gasteiger charge is 2.20. The second kappa shape index (κ2) is 5.05. The van der Waals surface area contributed by atoms with Gasteiger partial charge >= 0.3 is 6.03 Å².